The number of rotatable bonds is 3. The lowest BCUT2D eigenvalue weighted by atomic mass is 9.96. The van der Waals surface area contributed by atoms with Gasteiger partial charge in [0.2, 0.25) is 0 Å². The Labute approximate surface area is 118 Å². The average Bonchev–Trinajstić information content (AvgIpc) is 2.62. The average molecular weight is 280 g/mol. The number of halogens is 1. The molecular weight excluding hydrogens is 262 g/mol. The Hall–Kier alpha value is -1.45. The molecule has 0 amide bonds. The summed E-state index contributed by atoms with van der Waals surface area (Å²) in [4.78, 5) is 0. The third kappa shape index (κ3) is 2.48. The van der Waals surface area contributed by atoms with Crippen LogP contribution in [0.25, 0.3) is 0 Å². The maximum absolute atomic E-state index is 6.33. The topological polar surface area (TPSA) is 48.4 Å². The molecule has 3 nitrogen and oxygen atoms in total. The molecule has 0 aliphatic rings. The highest BCUT2D eigenvalue weighted by Gasteiger charge is 2.20. The quantitative estimate of drug-likeness (QED) is 0.926. The van der Waals surface area contributed by atoms with E-state index < -0.39 is 0 Å². The van der Waals surface area contributed by atoms with Crippen molar-refractivity contribution >= 4 is 11.6 Å². The van der Waals surface area contributed by atoms with Gasteiger partial charge in [-0.1, -0.05) is 17.7 Å². The number of benzene rings is 1. The predicted octanol–water partition coefficient (Wildman–Crippen LogP) is 3.91. The maximum atomic E-state index is 6.33. The fraction of sp³-hybridized carbons (Fsp3) is 0.333. The van der Waals surface area contributed by atoms with Crippen LogP contribution in [0.1, 0.15) is 34.3 Å². The van der Waals surface area contributed by atoms with Gasteiger partial charge in [-0.15, -0.1) is 0 Å². The molecule has 1 aromatic carbocycles. The Morgan fingerprint density at radius 2 is 1.89 bits per heavy atom. The molecule has 0 aliphatic carbocycles. The molecule has 0 saturated heterocycles. The van der Waals surface area contributed by atoms with Crippen LogP contribution in [-0.4, -0.2) is 7.11 Å². The molecule has 0 saturated carbocycles. The number of nitrogens with two attached hydrogens (primary N) is 1. The first-order chi connectivity index (χ1) is 8.95. The Bertz CT molecular complexity index is 604. The highest BCUT2D eigenvalue weighted by Crippen LogP contribution is 2.33. The molecule has 1 aromatic heterocycles. The van der Waals surface area contributed by atoms with E-state index in [1.54, 1.807) is 7.11 Å². The van der Waals surface area contributed by atoms with Crippen LogP contribution in [-0.2, 0) is 0 Å². The molecular formula is C15H18ClNO2. The first-order valence-electron chi connectivity index (χ1n) is 6.11. The molecule has 19 heavy (non-hydrogen) atoms. The van der Waals surface area contributed by atoms with E-state index in [0.29, 0.717) is 10.8 Å². The van der Waals surface area contributed by atoms with E-state index in [2.05, 4.69) is 0 Å². The van der Waals surface area contributed by atoms with E-state index in [0.717, 1.165) is 28.2 Å². The van der Waals surface area contributed by atoms with Crippen LogP contribution in [0.4, 0.5) is 0 Å². The van der Waals surface area contributed by atoms with Gasteiger partial charge in [-0.05, 0) is 44.0 Å². The second-order valence-electron chi connectivity index (χ2n) is 4.62. The number of aryl methyl sites for hydroxylation is 2. The van der Waals surface area contributed by atoms with E-state index in [9.17, 15) is 0 Å². The molecule has 102 valence electrons. The first kappa shape index (κ1) is 14.0. The van der Waals surface area contributed by atoms with Crippen LogP contribution in [0.2, 0.25) is 5.02 Å². The minimum Gasteiger partial charge on any atom is -0.495 e. The van der Waals surface area contributed by atoms with Crippen LogP contribution in [0.5, 0.6) is 5.75 Å². The van der Waals surface area contributed by atoms with Gasteiger partial charge < -0.3 is 14.9 Å². The standard InChI is InChI=1S/C15H18ClNO2/c1-8-9(2)19-10(3)14(8)15(17)11-5-6-13(18-4)12(16)7-11/h5-7,15H,17H2,1-4H3. The molecule has 1 heterocycles. The van der Waals surface area contributed by atoms with Gasteiger partial charge in [0.1, 0.15) is 17.3 Å². The lowest BCUT2D eigenvalue weighted by Crippen LogP contribution is -2.13. The summed E-state index contributed by atoms with van der Waals surface area (Å²) in [6.07, 6.45) is 0. The van der Waals surface area contributed by atoms with Crippen LogP contribution in [0.3, 0.4) is 0 Å². The van der Waals surface area contributed by atoms with Crippen molar-refractivity contribution in [2.24, 2.45) is 5.73 Å². The summed E-state index contributed by atoms with van der Waals surface area (Å²) in [6, 6.07) is 5.35. The number of ether oxygens (including phenoxy) is 1. The molecule has 2 rings (SSSR count). The van der Waals surface area contributed by atoms with Crippen molar-refractivity contribution in [2.45, 2.75) is 26.8 Å². The summed E-state index contributed by atoms with van der Waals surface area (Å²) in [5.41, 5.74) is 9.40. The second kappa shape index (κ2) is 5.27. The van der Waals surface area contributed by atoms with Crippen molar-refractivity contribution in [2.75, 3.05) is 7.11 Å². The highest BCUT2D eigenvalue weighted by atomic mass is 35.5. The van der Waals surface area contributed by atoms with Crippen molar-refractivity contribution < 1.29 is 9.15 Å². The molecule has 0 spiro atoms. The number of furan rings is 1. The van der Waals surface area contributed by atoms with Crippen molar-refractivity contribution in [3.8, 4) is 5.75 Å². The molecule has 0 aliphatic heterocycles. The zero-order chi connectivity index (χ0) is 14.2. The molecule has 0 radical (unpaired) electrons. The predicted molar refractivity (Wildman–Crippen MR) is 77.0 cm³/mol. The monoisotopic (exact) mass is 279 g/mol. The third-order valence-electron chi connectivity index (χ3n) is 3.46. The molecule has 1 unspecified atom stereocenters. The van der Waals surface area contributed by atoms with Crippen LogP contribution in [0, 0.1) is 20.8 Å². The van der Waals surface area contributed by atoms with Gasteiger partial charge in [-0.3, -0.25) is 0 Å². The van der Waals surface area contributed by atoms with E-state index >= 15 is 0 Å². The molecule has 1 atom stereocenters. The second-order valence-corrected chi connectivity index (χ2v) is 5.03. The van der Waals surface area contributed by atoms with E-state index in [1.807, 2.05) is 39.0 Å². The molecule has 2 aromatic rings. The van der Waals surface area contributed by atoms with Gasteiger partial charge in [0.05, 0.1) is 18.2 Å². The maximum Gasteiger partial charge on any atom is 0.137 e. The van der Waals surface area contributed by atoms with Gasteiger partial charge in [-0.2, -0.15) is 0 Å². The normalized spacial score (nSPS) is 12.5. The smallest absolute Gasteiger partial charge is 0.137 e. The van der Waals surface area contributed by atoms with Gasteiger partial charge in [0, 0.05) is 5.56 Å². The summed E-state index contributed by atoms with van der Waals surface area (Å²) in [7, 11) is 1.59. The summed E-state index contributed by atoms with van der Waals surface area (Å²) < 4.78 is 10.8. The lowest BCUT2D eigenvalue weighted by molar-refractivity contribution is 0.415. The number of hydrogen-bond donors (Lipinski definition) is 1. The Kier molecular flexibility index (Phi) is 3.88. The van der Waals surface area contributed by atoms with Gasteiger partial charge >= 0.3 is 0 Å². The number of methoxy groups -OCH3 is 1. The Morgan fingerprint density at radius 3 is 2.37 bits per heavy atom. The summed E-state index contributed by atoms with van der Waals surface area (Å²) in [5.74, 6) is 2.41. The van der Waals surface area contributed by atoms with Gasteiger partial charge in [0.15, 0.2) is 0 Å². The first-order valence-corrected chi connectivity index (χ1v) is 6.49. The molecule has 0 bridgehead atoms. The van der Waals surface area contributed by atoms with Crippen molar-refractivity contribution in [1.82, 2.24) is 0 Å². The Morgan fingerprint density at radius 1 is 1.21 bits per heavy atom. The van der Waals surface area contributed by atoms with E-state index in [-0.39, 0.29) is 6.04 Å². The summed E-state index contributed by atoms with van der Waals surface area (Å²) >= 11 is 6.14. The van der Waals surface area contributed by atoms with Gasteiger partial charge in [-0.25, -0.2) is 0 Å². The fourth-order valence-electron chi connectivity index (χ4n) is 2.31. The minimum absolute atomic E-state index is 0.249. The van der Waals surface area contributed by atoms with Crippen molar-refractivity contribution in [3.63, 3.8) is 0 Å². The molecule has 2 N–H and O–H groups in total. The van der Waals surface area contributed by atoms with Crippen LogP contribution >= 0.6 is 11.6 Å². The zero-order valence-corrected chi connectivity index (χ0v) is 12.3. The molecule has 0 fully saturated rings. The Balaban J connectivity index is 2.44. The molecule has 4 heteroatoms. The summed E-state index contributed by atoms with van der Waals surface area (Å²) in [6.45, 7) is 5.89. The minimum atomic E-state index is -0.249. The zero-order valence-electron chi connectivity index (χ0n) is 11.6. The lowest BCUT2D eigenvalue weighted by Gasteiger charge is -2.14. The summed E-state index contributed by atoms with van der Waals surface area (Å²) in [5, 5.41) is 0.561. The van der Waals surface area contributed by atoms with Crippen LogP contribution < -0.4 is 10.5 Å². The SMILES string of the molecule is COc1ccc(C(N)c2c(C)oc(C)c2C)cc1Cl. The largest absolute Gasteiger partial charge is 0.495 e. The highest BCUT2D eigenvalue weighted by molar-refractivity contribution is 6.32. The van der Waals surface area contributed by atoms with E-state index in [4.69, 9.17) is 26.5 Å². The van der Waals surface area contributed by atoms with E-state index in [1.165, 1.54) is 0 Å². The third-order valence-corrected chi connectivity index (χ3v) is 3.76. The number of hydrogen-bond acceptors (Lipinski definition) is 3. The van der Waals surface area contributed by atoms with Crippen molar-refractivity contribution in [3.05, 3.63) is 51.4 Å². The van der Waals surface area contributed by atoms with Gasteiger partial charge in [0.25, 0.3) is 0 Å². The van der Waals surface area contributed by atoms with Crippen molar-refractivity contribution in [1.29, 1.82) is 0 Å². The fourth-order valence-corrected chi connectivity index (χ4v) is 2.58. The van der Waals surface area contributed by atoms with Crippen LogP contribution in [0.15, 0.2) is 22.6 Å².